The van der Waals surface area contributed by atoms with Crippen molar-refractivity contribution in [2.75, 3.05) is 5.73 Å². The van der Waals surface area contributed by atoms with Crippen molar-refractivity contribution >= 4 is 5.82 Å². The molecule has 90 valence electrons. The standard InChI is InChI=1S/C12H17N5/c1-8(2)4-10-11(16-17(3)12(10)13)9-5-14-7-15-6-9/h5-8H,4,13H2,1-3H3. The van der Waals surface area contributed by atoms with Crippen LogP contribution in [0, 0.1) is 5.92 Å². The Morgan fingerprint density at radius 1 is 1.29 bits per heavy atom. The third-order valence-electron chi connectivity index (χ3n) is 2.64. The molecule has 2 aromatic rings. The zero-order chi connectivity index (χ0) is 12.4. The van der Waals surface area contributed by atoms with Crippen molar-refractivity contribution in [3.63, 3.8) is 0 Å². The van der Waals surface area contributed by atoms with Crippen LogP contribution in [0.2, 0.25) is 0 Å². The van der Waals surface area contributed by atoms with Crippen molar-refractivity contribution in [2.45, 2.75) is 20.3 Å². The summed E-state index contributed by atoms with van der Waals surface area (Å²) in [5, 5.41) is 4.45. The van der Waals surface area contributed by atoms with Crippen LogP contribution >= 0.6 is 0 Å². The molecule has 0 aliphatic heterocycles. The molecule has 5 heteroatoms. The summed E-state index contributed by atoms with van der Waals surface area (Å²) in [6.07, 6.45) is 5.94. The first-order chi connectivity index (χ1) is 8.09. The topological polar surface area (TPSA) is 69.6 Å². The summed E-state index contributed by atoms with van der Waals surface area (Å²) in [5.41, 5.74) is 8.93. The van der Waals surface area contributed by atoms with Crippen molar-refractivity contribution in [3.8, 4) is 11.3 Å². The van der Waals surface area contributed by atoms with Crippen LogP contribution in [0.4, 0.5) is 5.82 Å². The number of nitrogens with zero attached hydrogens (tertiary/aromatic N) is 4. The molecular formula is C12H17N5. The van der Waals surface area contributed by atoms with Gasteiger partial charge in [-0.05, 0) is 12.3 Å². The van der Waals surface area contributed by atoms with Crippen LogP contribution in [0.1, 0.15) is 19.4 Å². The molecule has 2 aromatic heterocycles. The van der Waals surface area contributed by atoms with Gasteiger partial charge in [0.2, 0.25) is 0 Å². The molecular weight excluding hydrogens is 214 g/mol. The molecule has 5 nitrogen and oxygen atoms in total. The summed E-state index contributed by atoms with van der Waals surface area (Å²) >= 11 is 0. The Labute approximate surface area is 101 Å². The summed E-state index contributed by atoms with van der Waals surface area (Å²) in [5.74, 6) is 1.25. The van der Waals surface area contributed by atoms with Gasteiger partial charge in [0.1, 0.15) is 17.8 Å². The SMILES string of the molecule is CC(C)Cc1c(-c2cncnc2)nn(C)c1N. The molecule has 0 amide bonds. The van der Waals surface area contributed by atoms with Gasteiger partial charge >= 0.3 is 0 Å². The maximum absolute atomic E-state index is 6.05. The van der Waals surface area contributed by atoms with E-state index in [1.165, 1.54) is 6.33 Å². The van der Waals surface area contributed by atoms with Crippen molar-refractivity contribution in [1.82, 2.24) is 19.7 Å². The van der Waals surface area contributed by atoms with Crippen molar-refractivity contribution in [2.24, 2.45) is 13.0 Å². The maximum atomic E-state index is 6.05. The van der Waals surface area contributed by atoms with E-state index in [1.807, 2.05) is 7.05 Å². The number of nitrogens with two attached hydrogens (primary N) is 1. The molecule has 0 aliphatic rings. The molecule has 0 unspecified atom stereocenters. The van der Waals surface area contributed by atoms with E-state index in [-0.39, 0.29) is 0 Å². The number of anilines is 1. The molecule has 0 bridgehead atoms. The first-order valence-corrected chi connectivity index (χ1v) is 5.66. The van der Waals surface area contributed by atoms with Gasteiger partial charge in [-0.3, -0.25) is 4.68 Å². The molecule has 2 rings (SSSR count). The van der Waals surface area contributed by atoms with Gasteiger partial charge in [-0.2, -0.15) is 5.10 Å². The molecule has 0 fully saturated rings. The number of aromatic nitrogens is 4. The zero-order valence-corrected chi connectivity index (χ0v) is 10.4. The number of aryl methyl sites for hydroxylation is 1. The second-order valence-electron chi connectivity index (χ2n) is 4.56. The smallest absolute Gasteiger partial charge is 0.125 e. The van der Waals surface area contributed by atoms with Crippen LogP contribution in [0.25, 0.3) is 11.3 Å². The minimum absolute atomic E-state index is 0.532. The van der Waals surface area contributed by atoms with E-state index >= 15 is 0 Å². The average Bonchev–Trinajstić information content (AvgIpc) is 2.58. The zero-order valence-electron chi connectivity index (χ0n) is 10.4. The Balaban J connectivity index is 2.50. The molecule has 0 aromatic carbocycles. The monoisotopic (exact) mass is 231 g/mol. The minimum atomic E-state index is 0.532. The lowest BCUT2D eigenvalue weighted by Crippen LogP contribution is -2.02. The van der Waals surface area contributed by atoms with Crippen LogP contribution in [0.3, 0.4) is 0 Å². The highest BCUT2D eigenvalue weighted by Gasteiger charge is 2.16. The maximum Gasteiger partial charge on any atom is 0.125 e. The van der Waals surface area contributed by atoms with Crippen molar-refractivity contribution in [3.05, 3.63) is 24.3 Å². The normalized spacial score (nSPS) is 11.1. The molecule has 0 spiro atoms. The van der Waals surface area contributed by atoms with E-state index in [9.17, 15) is 0 Å². The van der Waals surface area contributed by atoms with Crippen LogP contribution in [-0.4, -0.2) is 19.7 Å². The van der Waals surface area contributed by atoms with Crippen LogP contribution in [-0.2, 0) is 13.5 Å². The predicted molar refractivity (Wildman–Crippen MR) is 67.2 cm³/mol. The third-order valence-corrected chi connectivity index (χ3v) is 2.64. The Morgan fingerprint density at radius 2 is 1.94 bits per heavy atom. The van der Waals surface area contributed by atoms with Crippen LogP contribution < -0.4 is 5.73 Å². The second kappa shape index (κ2) is 4.53. The average molecular weight is 231 g/mol. The molecule has 0 radical (unpaired) electrons. The predicted octanol–water partition coefficient (Wildman–Crippen LogP) is 1.66. The largest absolute Gasteiger partial charge is 0.384 e. The molecule has 0 saturated heterocycles. The van der Waals surface area contributed by atoms with Gasteiger partial charge in [0.15, 0.2) is 0 Å². The Hall–Kier alpha value is -1.91. The van der Waals surface area contributed by atoms with Gasteiger partial charge in [0, 0.05) is 30.6 Å². The number of rotatable bonds is 3. The Kier molecular flexibility index (Phi) is 3.08. The second-order valence-corrected chi connectivity index (χ2v) is 4.56. The lowest BCUT2D eigenvalue weighted by Gasteiger charge is -2.06. The highest BCUT2D eigenvalue weighted by atomic mass is 15.3. The summed E-state index contributed by atoms with van der Waals surface area (Å²) in [6.45, 7) is 4.33. The van der Waals surface area contributed by atoms with E-state index in [4.69, 9.17) is 5.73 Å². The van der Waals surface area contributed by atoms with Gasteiger partial charge in [-0.1, -0.05) is 13.8 Å². The van der Waals surface area contributed by atoms with E-state index in [0.717, 1.165) is 29.1 Å². The third kappa shape index (κ3) is 2.27. The highest BCUT2D eigenvalue weighted by molar-refractivity contribution is 5.67. The minimum Gasteiger partial charge on any atom is -0.384 e. The number of hydrogen-bond donors (Lipinski definition) is 1. The van der Waals surface area contributed by atoms with Gasteiger partial charge in [0.05, 0.1) is 0 Å². The summed E-state index contributed by atoms with van der Waals surface area (Å²) in [6, 6.07) is 0. The fourth-order valence-electron chi connectivity index (χ4n) is 1.84. The van der Waals surface area contributed by atoms with Gasteiger partial charge < -0.3 is 5.73 Å². The van der Waals surface area contributed by atoms with Crippen LogP contribution in [0.5, 0.6) is 0 Å². The quantitative estimate of drug-likeness (QED) is 0.872. The first-order valence-electron chi connectivity index (χ1n) is 5.66. The van der Waals surface area contributed by atoms with Gasteiger partial charge in [-0.15, -0.1) is 0 Å². The van der Waals surface area contributed by atoms with E-state index in [1.54, 1.807) is 17.1 Å². The fraction of sp³-hybridized carbons (Fsp3) is 0.417. The molecule has 17 heavy (non-hydrogen) atoms. The lowest BCUT2D eigenvalue weighted by atomic mass is 10.0. The lowest BCUT2D eigenvalue weighted by molar-refractivity contribution is 0.648. The van der Waals surface area contributed by atoms with E-state index < -0.39 is 0 Å². The molecule has 0 atom stereocenters. The van der Waals surface area contributed by atoms with E-state index in [0.29, 0.717) is 5.92 Å². The number of nitrogen functional groups attached to an aromatic ring is 1. The van der Waals surface area contributed by atoms with E-state index in [2.05, 4.69) is 28.9 Å². The molecule has 0 saturated carbocycles. The van der Waals surface area contributed by atoms with Crippen LogP contribution in [0.15, 0.2) is 18.7 Å². The van der Waals surface area contributed by atoms with Crippen molar-refractivity contribution < 1.29 is 0 Å². The molecule has 0 aliphatic carbocycles. The van der Waals surface area contributed by atoms with Crippen molar-refractivity contribution in [1.29, 1.82) is 0 Å². The first kappa shape index (κ1) is 11.6. The highest BCUT2D eigenvalue weighted by Crippen LogP contribution is 2.27. The molecule has 2 heterocycles. The summed E-state index contributed by atoms with van der Waals surface area (Å²) in [4.78, 5) is 8.04. The summed E-state index contributed by atoms with van der Waals surface area (Å²) in [7, 11) is 1.85. The van der Waals surface area contributed by atoms with Gasteiger partial charge in [-0.25, -0.2) is 9.97 Å². The number of hydrogen-bond acceptors (Lipinski definition) is 4. The summed E-state index contributed by atoms with van der Waals surface area (Å²) < 4.78 is 1.71. The Morgan fingerprint density at radius 3 is 2.53 bits per heavy atom. The molecule has 2 N–H and O–H groups in total. The van der Waals surface area contributed by atoms with Gasteiger partial charge in [0.25, 0.3) is 0 Å². The fourth-order valence-corrected chi connectivity index (χ4v) is 1.84. The Bertz CT molecular complexity index is 501.